The van der Waals surface area contributed by atoms with Crippen molar-refractivity contribution >= 4 is 40.7 Å². The first-order chi connectivity index (χ1) is 24.2. The number of benzene rings is 1. The van der Waals surface area contributed by atoms with Gasteiger partial charge in [0.2, 0.25) is 5.91 Å². The molecule has 1 aromatic carbocycles. The van der Waals surface area contributed by atoms with Crippen LogP contribution in [0.15, 0.2) is 49.1 Å². The molecule has 14 nitrogen and oxygen atoms in total. The molecule has 266 valence electrons. The van der Waals surface area contributed by atoms with Gasteiger partial charge in [0.05, 0.1) is 24.4 Å². The van der Waals surface area contributed by atoms with Gasteiger partial charge < -0.3 is 24.6 Å². The van der Waals surface area contributed by atoms with E-state index in [1.165, 1.54) is 46.0 Å². The number of halogens is 3. The van der Waals surface area contributed by atoms with Crippen molar-refractivity contribution in [1.82, 2.24) is 39.1 Å². The van der Waals surface area contributed by atoms with E-state index in [1.807, 2.05) is 6.92 Å². The second-order valence-corrected chi connectivity index (χ2v) is 12.5. The molecule has 1 N–H and O–H groups in total. The second kappa shape index (κ2) is 15.9. The maximum Gasteiger partial charge on any atom is 0.387 e. The minimum absolute atomic E-state index is 0.0213. The number of hydrogen-bond acceptors (Lipinski definition) is 10. The average Bonchev–Trinajstić information content (AvgIpc) is 3.72. The molecule has 0 unspecified atom stereocenters. The summed E-state index contributed by atoms with van der Waals surface area (Å²) >= 11 is 6.24. The van der Waals surface area contributed by atoms with Crippen molar-refractivity contribution in [2.75, 3.05) is 64.3 Å². The number of rotatable bonds is 12. The Hall–Kier alpha value is -4.67. The summed E-state index contributed by atoms with van der Waals surface area (Å²) in [7, 11) is 0. The van der Waals surface area contributed by atoms with Gasteiger partial charge in [-0.25, -0.2) is 9.50 Å². The number of esters is 1. The lowest BCUT2D eigenvalue weighted by Gasteiger charge is -2.37. The first-order valence-electron chi connectivity index (χ1n) is 16.5. The number of nitrogens with one attached hydrogen (secondary N) is 1. The number of carbonyl (C=O) groups excluding carboxylic acids is 3. The molecule has 5 heterocycles. The fourth-order valence-corrected chi connectivity index (χ4v) is 6.42. The predicted molar refractivity (Wildman–Crippen MR) is 179 cm³/mol. The highest BCUT2D eigenvalue weighted by Crippen LogP contribution is 2.37. The maximum absolute atomic E-state index is 13.4. The number of piperazine rings is 1. The molecule has 2 aliphatic rings. The largest absolute Gasteiger partial charge is 0.466 e. The topological polar surface area (TPSA) is 139 Å². The zero-order valence-electron chi connectivity index (χ0n) is 27.5. The summed E-state index contributed by atoms with van der Waals surface area (Å²) in [5.41, 5.74) is 0.835. The third-order valence-corrected chi connectivity index (χ3v) is 9.14. The van der Waals surface area contributed by atoms with Gasteiger partial charge in [-0.3, -0.25) is 24.0 Å². The molecule has 2 amide bonds. The van der Waals surface area contributed by atoms with Crippen LogP contribution >= 0.6 is 11.6 Å². The van der Waals surface area contributed by atoms with E-state index in [4.69, 9.17) is 21.1 Å². The van der Waals surface area contributed by atoms with E-state index >= 15 is 0 Å². The van der Waals surface area contributed by atoms with E-state index in [0.717, 1.165) is 39.0 Å². The lowest BCUT2D eigenvalue weighted by molar-refractivity contribution is -0.149. The number of piperidine rings is 1. The van der Waals surface area contributed by atoms with Gasteiger partial charge in [-0.15, -0.1) is 0 Å². The lowest BCUT2D eigenvalue weighted by atomic mass is 9.97. The zero-order valence-corrected chi connectivity index (χ0v) is 28.3. The highest BCUT2D eigenvalue weighted by Gasteiger charge is 2.28. The number of aromatic nitrogens is 5. The Morgan fingerprint density at radius 3 is 2.52 bits per heavy atom. The summed E-state index contributed by atoms with van der Waals surface area (Å²) in [4.78, 5) is 49.6. The van der Waals surface area contributed by atoms with E-state index in [2.05, 4.69) is 30.3 Å². The van der Waals surface area contributed by atoms with E-state index < -0.39 is 12.5 Å². The molecule has 0 radical (unpaired) electrons. The Balaban J connectivity index is 1.11. The van der Waals surface area contributed by atoms with E-state index in [-0.39, 0.29) is 57.6 Å². The number of fused-ring (bicyclic) bond motifs is 1. The monoisotopic (exact) mass is 713 g/mol. The van der Waals surface area contributed by atoms with Gasteiger partial charge in [0.15, 0.2) is 5.65 Å². The summed E-state index contributed by atoms with van der Waals surface area (Å²) in [6, 6.07) is 5.77. The molecule has 2 saturated heterocycles. The zero-order chi connectivity index (χ0) is 35.2. The molecule has 0 bridgehead atoms. The first kappa shape index (κ1) is 35.2. The number of amides is 2. The molecule has 3 aromatic heterocycles. The van der Waals surface area contributed by atoms with Crippen LogP contribution in [-0.2, 0) is 20.9 Å². The molecule has 0 atom stereocenters. The summed E-state index contributed by atoms with van der Waals surface area (Å²) < 4.78 is 39.4. The van der Waals surface area contributed by atoms with Gasteiger partial charge in [0.1, 0.15) is 23.6 Å². The highest BCUT2D eigenvalue weighted by molar-refractivity contribution is 6.31. The van der Waals surface area contributed by atoms with Gasteiger partial charge in [0.25, 0.3) is 5.91 Å². The van der Waals surface area contributed by atoms with Crippen molar-refractivity contribution in [3.63, 3.8) is 0 Å². The Morgan fingerprint density at radius 2 is 1.80 bits per heavy atom. The van der Waals surface area contributed by atoms with Crippen LogP contribution in [0, 0.1) is 5.92 Å². The minimum Gasteiger partial charge on any atom is -0.466 e. The summed E-state index contributed by atoms with van der Waals surface area (Å²) in [5, 5.41) is 11.7. The van der Waals surface area contributed by atoms with Crippen LogP contribution in [0.1, 0.15) is 30.1 Å². The number of anilines is 1. The van der Waals surface area contributed by atoms with Crippen molar-refractivity contribution < 1.29 is 32.6 Å². The van der Waals surface area contributed by atoms with Crippen LogP contribution in [0.5, 0.6) is 5.75 Å². The standard InChI is InChI=1S/C33H38ClF2N9O5/c1-2-49-32(48)22-6-10-41(11-7-22)12-13-42-14-16-43(17-15-42)28(46)21-44-20-26(39-31(47)25-19-38-45-9-3-8-37-30(25)45)29(40-44)24-18-23(34)4-5-27(24)50-33(35)36/h3-5,8-9,18-20,22,33H,2,6-7,10-17,21H2,1H3,(H,39,47). The second-order valence-electron chi connectivity index (χ2n) is 12.1. The van der Waals surface area contributed by atoms with Crippen molar-refractivity contribution in [2.24, 2.45) is 5.92 Å². The quantitative estimate of drug-likeness (QED) is 0.217. The van der Waals surface area contributed by atoms with Crippen LogP contribution in [-0.4, -0.2) is 122 Å². The number of ether oxygens (including phenoxy) is 2. The fraction of sp³-hybridized carbons (Fsp3) is 0.455. The number of nitrogens with zero attached hydrogens (tertiary/aromatic N) is 8. The van der Waals surface area contributed by atoms with Gasteiger partial charge in [-0.2, -0.15) is 19.0 Å². The van der Waals surface area contributed by atoms with Gasteiger partial charge in [-0.05, 0) is 57.1 Å². The molecule has 2 fully saturated rings. The van der Waals surface area contributed by atoms with Gasteiger partial charge in [-0.1, -0.05) is 11.6 Å². The number of alkyl halides is 2. The van der Waals surface area contributed by atoms with Crippen molar-refractivity contribution in [1.29, 1.82) is 0 Å². The predicted octanol–water partition coefficient (Wildman–Crippen LogP) is 3.52. The third kappa shape index (κ3) is 8.37. The van der Waals surface area contributed by atoms with Gasteiger partial charge in [0, 0.05) is 68.4 Å². The van der Waals surface area contributed by atoms with Crippen LogP contribution in [0.25, 0.3) is 16.9 Å². The Morgan fingerprint density at radius 1 is 1.06 bits per heavy atom. The van der Waals surface area contributed by atoms with Gasteiger partial charge >= 0.3 is 12.6 Å². The molecule has 0 aliphatic carbocycles. The van der Waals surface area contributed by atoms with Crippen molar-refractivity contribution in [3.05, 3.63) is 59.6 Å². The molecular formula is C33H38ClF2N9O5. The minimum atomic E-state index is -3.12. The number of likely N-dealkylation sites (tertiary alicyclic amines) is 1. The van der Waals surface area contributed by atoms with Crippen molar-refractivity contribution in [2.45, 2.75) is 32.9 Å². The molecule has 6 rings (SSSR count). The molecular weight excluding hydrogens is 676 g/mol. The average molecular weight is 714 g/mol. The third-order valence-electron chi connectivity index (χ3n) is 8.91. The maximum atomic E-state index is 13.4. The number of carbonyl (C=O) groups is 3. The number of hydrogen-bond donors (Lipinski definition) is 1. The molecule has 50 heavy (non-hydrogen) atoms. The van der Waals surface area contributed by atoms with Crippen LogP contribution in [0.3, 0.4) is 0 Å². The lowest BCUT2D eigenvalue weighted by Crippen LogP contribution is -2.51. The van der Waals surface area contributed by atoms with E-state index in [9.17, 15) is 23.2 Å². The smallest absolute Gasteiger partial charge is 0.387 e. The molecule has 4 aromatic rings. The van der Waals surface area contributed by atoms with Crippen LogP contribution in [0.2, 0.25) is 5.02 Å². The Bertz CT molecular complexity index is 1820. The van der Waals surface area contributed by atoms with E-state index in [0.29, 0.717) is 38.4 Å². The SMILES string of the molecule is CCOC(=O)C1CCN(CCN2CCN(C(=O)Cn3cc(NC(=O)c4cnn5cccnc45)c(-c4cc(Cl)ccc4OC(F)F)n3)CC2)CC1. The normalized spacial score (nSPS) is 16.2. The highest BCUT2D eigenvalue weighted by atomic mass is 35.5. The Kier molecular flexibility index (Phi) is 11.2. The molecule has 0 spiro atoms. The van der Waals surface area contributed by atoms with Crippen LogP contribution in [0.4, 0.5) is 14.5 Å². The first-order valence-corrected chi connectivity index (χ1v) is 16.9. The summed E-state index contributed by atoms with van der Waals surface area (Å²) in [5.74, 6) is -1.07. The van der Waals surface area contributed by atoms with Crippen molar-refractivity contribution in [3.8, 4) is 17.0 Å². The van der Waals surface area contributed by atoms with Crippen LogP contribution < -0.4 is 10.1 Å². The fourth-order valence-electron chi connectivity index (χ4n) is 6.25. The molecule has 0 saturated carbocycles. The summed E-state index contributed by atoms with van der Waals surface area (Å²) in [6.45, 7) is 4.91. The molecule has 17 heteroatoms. The summed E-state index contributed by atoms with van der Waals surface area (Å²) in [6.07, 6.45) is 7.62. The molecule has 2 aliphatic heterocycles. The Labute approximate surface area is 291 Å². The van der Waals surface area contributed by atoms with E-state index in [1.54, 1.807) is 17.2 Å².